The molecule has 12 amide bonds. The van der Waals surface area contributed by atoms with Gasteiger partial charge in [0.25, 0.3) is 70.9 Å². The fourth-order valence-electron chi connectivity index (χ4n) is 14.5. The number of benzene rings is 12. The van der Waals surface area contributed by atoms with E-state index >= 15 is 0 Å². The van der Waals surface area contributed by atoms with Crippen molar-refractivity contribution in [2.24, 2.45) is 0 Å². The summed E-state index contributed by atoms with van der Waals surface area (Å²) in [7, 11) is -5.41. The van der Waals surface area contributed by atoms with Crippen LogP contribution >= 0.6 is 0 Å². The summed E-state index contributed by atoms with van der Waals surface area (Å²) in [4.78, 5) is 162. The van der Waals surface area contributed by atoms with Crippen LogP contribution < -0.4 is 53.1 Å². The van der Waals surface area contributed by atoms with Crippen LogP contribution in [-0.4, -0.2) is 137 Å². The van der Waals surface area contributed by atoms with Crippen LogP contribution in [0.3, 0.4) is 0 Å². The van der Waals surface area contributed by atoms with Gasteiger partial charge >= 0.3 is 0 Å². The topological polar surface area (TPSA) is 393 Å². The molecule has 12 aromatic carbocycles. The molecule has 606 valence electrons. The molecule has 6 heterocycles. The molecule has 6 aliphatic rings. The highest BCUT2D eigenvalue weighted by Gasteiger charge is 2.45. The molecule has 0 saturated carbocycles. The summed E-state index contributed by atoms with van der Waals surface area (Å²) in [5.74, 6) is -5.34. The van der Waals surface area contributed by atoms with E-state index in [0.717, 1.165) is 65.8 Å². The van der Waals surface area contributed by atoms with E-state index < -0.39 is 100 Å². The number of amides is 12. The Labute approximate surface area is 692 Å². The van der Waals surface area contributed by atoms with Crippen LogP contribution in [0, 0.1) is 0 Å². The van der Waals surface area contributed by atoms with Gasteiger partial charge in [-0.15, -0.1) is 0 Å². The molecule has 0 aromatic heterocycles. The number of hydrogen-bond acceptors (Lipinski definition) is 24. The lowest BCUT2D eigenvalue weighted by molar-refractivity contribution is 0.0910. The van der Waals surface area contributed by atoms with Crippen molar-refractivity contribution in [3.63, 3.8) is 0 Å². The predicted molar refractivity (Wildman–Crippen MR) is 435 cm³/mol. The fraction of sp³-hybridized carbons (Fsp3) is 0.0562. The van der Waals surface area contributed by atoms with Crippen LogP contribution in [0.5, 0.6) is 34.5 Å². The molecule has 0 unspecified atom stereocenters. The third kappa shape index (κ3) is 13.3. The van der Waals surface area contributed by atoms with E-state index in [0.29, 0.717) is 40.1 Å². The van der Waals surface area contributed by atoms with Gasteiger partial charge in [-0.25, -0.2) is 54.7 Å². The summed E-state index contributed by atoms with van der Waals surface area (Å²) >= 11 is 0. The summed E-state index contributed by atoms with van der Waals surface area (Å²) in [6, 6.07) is 59.1. The Bertz CT molecular complexity index is 6920. The number of nitrogens with zero attached hydrogens (tertiary/aromatic N) is 6. The molecule has 0 atom stereocenters. The van der Waals surface area contributed by atoms with Gasteiger partial charge in [0, 0.05) is 18.2 Å². The van der Waals surface area contributed by atoms with Crippen LogP contribution in [0.2, 0.25) is 0 Å². The molecule has 18 rings (SSSR count). The molecule has 0 fully saturated rings. The van der Waals surface area contributed by atoms with Gasteiger partial charge in [-0.1, -0.05) is 18.2 Å². The number of methoxy groups -OCH3 is 5. The maximum Gasteiger partial charge on any atom is 0.266 e. The van der Waals surface area contributed by atoms with E-state index in [4.69, 9.17) is 23.7 Å². The third-order valence-corrected chi connectivity index (χ3v) is 26.0. The SMILES string of the molecule is COc1ccc(N2C(=O)c3ccc(S(=O)(=O)c4ccc5c(c4)C(=O)N(c4ccc(O)cc4)C5=O)cc3C2=O)cc1.COc1ccc(N2C(=O)c3ccc(S(=O)(=O)c4ccc5c(c4)C(=O)N(c4cccc(OC)c4)C5=O)cc3C2=O)cc1.COc1cccc(N2C(=O)c3ccc(S(=O)(=O)c4ccc5c(c4)C(=O)N(c4cccc(OC)c4)C5=O)cc3C2=O)c1. The molecular weight excluding hydrogens is 1630 g/mol. The summed E-state index contributed by atoms with van der Waals surface area (Å²) < 4.78 is 107. The van der Waals surface area contributed by atoms with Crippen molar-refractivity contribution in [2.75, 3.05) is 64.9 Å². The zero-order valence-electron chi connectivity index (χ0n) is 64.0. The average Bonchev–Trinajstić information content (AvgIpc) is 1.58. The Balaban J connectivity index is 0.000000136. The second kappa shape index (κ2) is 30.6. The fourth-order valence-corrected chi connectivity index (χ4v) is 18.4. The molecule has 33 heteroatoms. The average molecular weight is 1690 g/mol. The number of phenolic OH excluding ortho intramolecular Hbond substituents is 1. The lowest BCUT2D eigenvalue weighted by atomic mass is 10.1. The van der Waals surface area contributed by atoms with Crippen LogP contribution in [0.25, 0.3) is 0 Å². The number of carbonyl (C=O) groups is 12. The maximum absolute atomic E-state index is 13.6. The molecule has 30 nitrogen and oxygen atoms in total. The number of imide groups is 6. The van der Waals surface area contributed by atoms with Gasteiger partial charge in [0.1, 0.15) is 34.5 Å². The minimum absolute atomic E-state index is 0.0295. The summed E-state index contributed by atoms with van der Waals surface area (Å²) in [5.41, 5.74) is 1.53. The number of fused-ring (bicyclic) bond motifs is 6. The molecule has 0 spiro atoms. The van der Waals surface area contributed by atoms with Gasteiger partial charge in [0.05, 0.1) is 166 Å². The van der Waals surface area contributed by atoms with Gasteiger partial charge in [0.2, 0.25) is 29.5 Å². The molecule has 6 aliphatic heterocycles. The molecule has 12 aromatic rings. The third-order valence-electron chi connectivity index (χ3n) is 20.7. The van der Waals surface area contributed by atoms with Gasteiger partial charge in [-0.3, -0.25) is 57.5 Å². The summed E-state index contributed by atoms with van der Waals surface area (Å²) in [6.45, 7) is 0. The smallest absolute Gasteiger partial charge is 0.266 e. The second-order valence-corrected chi connectivity index (χ2v) is 33.3. The highest BCUT2D eigenvalue weighted by atomic mass is 32.2. The summed E-state index contributed by atoms with van der Waals surface area (Å²) in [6.07, 6.45) is 0. The second-order valence-electron chi connectivity index (χ2n) is 27.4. The zero-order chi connectivity index (χ0) is 86.4. The molecule has 0 bridgehead atoms. The molecule has 122 heavy (non-hydrogen) atoms. The first-order valence-corrected chi connectivity index (χ1v) is 40.8. The first kappa shape index (κ1) is 79.9. The van der Waals surface area contributed by atoms with Crippen LogP contribution in [-0.2, 0) is 29.5 Å². The van der Waals surface area contributed by atoms with E-state index in [1.54, 1.807) is 103 Å². The van der Waals surface area contributed by atoms with E-state index in [2.05, 4.69) is 0 Å². The molecule has 0 saturated heterocycles. The first-order valence-electron chi connectivity index (χ1n) is 36.3. The van der Waals surface area contributed by atoms with E-state index in [-0.39, 0.29) is 125 Å². The Morgan fingerprint density at radius 3 is 0.574 bits per heavy atom. The number of anilines is 6. The number of hydrogen-bond donors (Lipinski definition) is 1. The van der Waals surface area contributed by atoms with E-state index in [1.165, 1.54) is 151 Å². The van der Waals surface area contributed by atoms with Crippen LogP contribution in [0.15, 0.2) is 284 Å². The number of phenols is 1. The van der Waals surface area contributed by atoms with Crippen molar-refractivity contribution in [1.82, 2.24) is 0 Å². The van der Waals surface area contributed by atoms with Crippen LogP contribution in [0.1, 0.15) is 124 Å². The van der Waals surface area contributed by atoms with Crippen molar-refractivity contribution in [1.29, 1.82) is 0 Å². The van der Waals surface area contributed by atoms with Crippen LogP contribution in [0.4, 0.5) is 34.1 Å². The maximum atomic E-state index is 13.6. The normalized spacial score (nSPS) is 14.4. The predicted octanol–water partition coefficient (Wildman–Crippen LogP) is 12.1. The Hall–Kier alpha value is -15.9. The molecular formula is C89H58N6O24S3. The number of rotatable bonds is 17. The van der Waals surface area contributed by atoms with Gasteiger partial charge in [0.15, 0.2) is 0 Å². The monoisotopic (exact) mass is 1690 g/mol. The van der Waals surface area contributed by atoms with E-state index in [1.807, 2.05) is 0 Å². The largest absolute Gasteiger partial charge is 0.508 e. The lowest BCUT2D eigenvalue weighted by Gasteiger charge is -2.14. The highest BCUT2D eigenvalue weighted by molar-refractivity contribution is 7.92. The number of aromatic hydroxyl groups is 1. The van der Waals surface area contributed by atoms with Crippen molar-refractivity contribution in [2.45, 2.75) is 29.4 Å². The number of sulfone groups is 3. The van der Waals surface area contributed by atoms with Gasteiger partial charge in [-0.05, 0) is 218 Å². The molecule has 0 aliphatic carbocycles. The minimum atomic E-state index is -4.26. The highest BCUT2D eigenvalue weighted by Crippen LogP contribution is 2.42. The number of ether oxygens (including phenoxy) is 5. The summed E-state index contributed by atoms with van der Waals surface area (Å²) in [5, 5.41) is 9.52. The molecule has 0 radical (unpaired) electrons. The Morgan fingerprint density at radius 1 is 0.197 bits per heavy atom. The van der Waals surface area contributed by atoms with Crippen molar-refractivity contribution in [3.05, 3.63) is 322 Å². The zero-order valence-corrected chi connectivity index (χ0v) is 66.4. The lowest BCUT2D eigenvalue weighted by Crippen LogP contribution is -2.29. The first-order chi connectivity index (χ1) is 58.4. The minimum Gasteiger partial charge on any atom is -0.508 e. The van der Waals surface area contributed by atoms with Crippen molar-refractivity contribution in [3.8, 4) is 34.5 Å². The quantitative estimate of drug-likeness (QED) is 0.0827. The van der Waals surface area contributed by atoms with Crippen molar-refractivity contribution < 1.29 is 112 Å². The standard InChI is InChI=1S/2C30H20N2O8S.C29H18N2O8S/c1-39-19-7-3-5-17(13-19)31-27(33)23-11-9-21(15-25(23)29(31)35)41(37,38)22-10-12-24-26(16-22)30(36)32(28(24)34)18-6-4-8-20(14-18)40-2;1-39-19-8-6-17(7-9-19)31-27(33)23-12-10-21(15-25(23)29(31)35)41(37,38)22-11-13-24-26(16-22)30(36)32(28(24)34)18-4-3-5-20(14-18)40-2;1-39-19-8-4-17(5-9-19)31-27(34)23-13-11-21(15-25(23)29(31)36)40(37,38)20-10-12-22-24(14-20)28(35)30(26(22)33)16-2-6-18(32)7-3-16/h2*3-16H,1-2H3;2-15,32H,1H3. The van der Waals surface area contributed by atoms with Gasteiger partial charge < -0.3 is 28.8 Å². The Morgan fingerprint density at radius 2 is 0.377 bits per heavy atom. The Kier molecular flexibility index (Phi) is 20.0. The molecule has 1 N–H and O–H groups in total. The van der Waals surface area contributed by atoms with Gasteiger partial charge in [-0.2, -0.15) is 0 Å². The number of carbonyl (C=O) groups excluding carboxylic acids is 12. The van der Waals surface area contributed by atoms with E-state index in [9.17, 15) is 87.9 Å². The van der Waals surface area contributed by atoms with Crippen molar-refractivity contribution >= 4 is 135 Å².